The van der Waals surface area contributed by atoms with Gasteiger partial charge in [0.2, 0.25) is 11.8 Å². The first-order valence-corrected chi connectivity index (χ1v) is 10.9. The summed E-state index contributed by atoms with van der Waals surface area (Å²) in [6, 6.07) is 16.2. The molecule has 31 heavy (non-hydrogen) atoms. The number of anilines is 1. The second kappa shape index (κ2) is 10.9. The van der Waals surface area contributed by atoms with E-state index in [4.69, 9.17) is 0 Å². The summed E-state index contributed by atoms with van der Waals surface area (Å²) in [5.41, 5.74) is 1.61. The molecule has 0 aliphatic carbocycles. The molecule has 1 N–H and O–H groups in total. The standard InChI is InChI=1S/C25H31N3O3/c1-19(2)18-24(30)28-16-14-27(15-17-28)13-12-23(29)26-22-11-7-6-10-21(22)25(31)20-8-4-3-5-9-20/h3-11,19H,12-18H2,1-2H3,(H,26,29). The van der Waals surface area contributed by atoms with Crippen molar-refractivity contribution in [2.75, 3.05) is 38.0 Å². The first-order chi connectivity index (χ1) is 14.9. The molecule has 6 heteroatoms. The van der Waals surface area contributed by atoms with Gasteiger partial charge < -0.3 is 10.2 Å². The third-order valence-corrected chi connectivity index (χ3v) is 5.44. The molecular formula is C25H31N3O3. The molecule has 0 radical (unpaired) electrons. The van der Waals surface area contributed by atoms with E-state index in [9.17, 15) is 14.4 Å². The minimum atomic E-state index is -0.119. The van der Waals surface area contributed by atoms with Crippen LogP contribution in [0.2, 0.25) is 0 Å². The molecule has 3 rings (SSSR count). The molecule has 1 aliphatic rings. The summed E-state index contributed by atoms with van der Waals surface area (Å²) in [6.45, 7) is 7.72. The average Bonchev–Trinajstić information content (AvgIpc) is 2.78. The van der Waals surface area contributed by atoms with Crippen molar-refractivity contribution in [3.05, 3.63) is 65.7 Å². The van der Waals surface area contributed by atoms with Gasteiger partial charge in [-0.05, 0) is 18.1 Å². The van der Waals surface area contributed by atoms with Crippen LogP contribution in [0, 0.1) is 5.92 Å². The van der Waals surface area contributed by atoms with E-state index in [1.165, 1.54) is 0 Å². The summed E-state index contributed by atoms with van der Waals surface area (Å²) in [6.07, 6.45) is 0.928. The van der Waals surface area contributed by atoms with Crippen molar-refractivity contribution in [2.24, 2.45) is 5.92 Å². The Kier molecular flexibility index (Phi) is 7.95. The van der Waals surface area contributed by atoms with Crippen molar-refractivity contribution < 1.29 is 14.4 Å². The molecule has 0 unspecified atom stereocenters. The third-order valence-electron chi connectivity index (χ3n) is 5.44. The van der Waals surface area contributed by atoms with E-state index in [-0.39, 0.29) is 17.6 Å². The number of carbonyl (C=O) groups is 3. The van der Waals surface area contributed by atoms with Crippen molar-refractivity contribution in [1.29, 1.82) is 0 Å². The van der Waals surface area contributed by atoms with Gasteiger partial charge in [0.05, 0.1) is 5.69 Å². The number of ketones is 1. The van der Waals surface area contributed by atoms with Crippen LogP contribution in [0.25, 0.3) is 0 Å². The van der Waals surface area contributed by atoms with Crippen LogP contribution in [0.1, 0.15) is 42.6 Å². The Morgan fingerprint density at radius 3 is 2.23 bits per heavy atom. The lowest BCUT2D eigenvalue weighted by Gasteiger charge is -2.35. The number of benzene rings is 2. The van der Waals surface area contributed by atoms with Gasteiger partial charge in [-0.3, -0.25) is 19.3 Å². The summed E-state index contributed by atoms with van der Waals surface area (Å²) in [7, 11) is 0. The molecule has 0 saturated carbocycles. The van der Waals surface area contributed by atoms with Crippen LogP contribution in [0.15, 0.2) is 54.6 Å². The normalized spacial score (nSPS) is 14.5. The first-order valence-electron chi connectivity index (χ1n) is 10.9. The lowest BCUT2D eigenvalue weighted by atomic mass is 10.0. The average molecular weight is 422 g/mol. The fraction of sp³-hybridized carbons (Fsp3) is 0.400. The molecule has 1 saturated heterocycles. The summed E-state index contributed by atoms with van der Waals surface area (Å²) in [4.78, 5) is 41.7. The van der Waals surface area contributed by atoms with Crippen LogP contribution in [-0.4, -0.2) is 60.1 Å². The maximum Gasteiger partial charge on any atom is 0.225 e. The van der Waals surface area contributed by atoms with E-state index < -0.39 is 0 Å². The predicted molar refractivity (Wildman–Crippen MR) is 122 cm³/mol. The molecular weight excluding hydrogens is 390 g/mol. The Morgan fingerprint density at radius 2 is 1.55 bits per heavy atom. The zero-order valence-electron chi connectivity index (χ0n) is 18.3. The Bertz CT molecular complexity index is 903. The molecule has 164 valence electrons. The summed E-state index contributed by atoms with van der Waals surface area (Å²) in [5, 5.41) is 2.90. The molecule has 0 aromatic heterocycles. The Morgan fingerprint density at radius 1 is 0.903 bits per heavy atom. The van der Waals surface area contributed by atoms with Crippen molar-refractivity contribution in [3.63, 3.8) is 0 Å². The number of hydrogen-bond acceptors (Lipinski definition) is 4. The van der Waals surface area contributed by atoms with Crippen LogP contribution < -0.4 is 5.32 Å². The Balaban J connectivity index is 1.50. The largest absolute Gasteiger partial charge is 0.340 e. The van der Waals surface area contributed by atoms with Gasteiger partial charge in [-0.15, -0.1) is 0 Å². The van der Waals surface area contributed by atoms with Gasteiger partial charge in [0.1, 0.15) is 0 Å². The monoisotopic (exact) mass is 421 g/mol. The van der Waals surface area contributed by atoms with E-state index >= 15 is 0 Å². The summed E-state index contributed by atoms with van der Waals surface area (Å²) in [5.74, 6) is 0.350. The third kappa shape index (κ3) is 6.49. The quantitative estimate of drug-likeness (QED) is 0.663. The number of nitrogens with zero attached hydrogens (tertiary/aromatic N) is 2. The number of para-hydroxylation sites is 1. The van der Waals surface area contributed by atoms with Gasteiger partial charge in [-0.2, -0.15) is 0 Å². The minimum Gasteiger partial charge on any atom is -0.340 e. The van der Waals surface area contributed by atoms with Gasteiger partial charge >= 0.3 is 0 Å². The van der Waals surface area contributed by atoms with E-state index in [1.54, 1.807) is 30.3 Å². The van der Waals surface area contributed by atoms with E-state index in [0.29, 0.717) is 55.2 Å². The fourth-order valence-corrected chi connectivity index (χ4v) is 3.71. The maximum atomic E-state index is 12.8. The topological polar surface area (TPSA) is 69.7 Å². The fourth-order valence-electron chi connectivity index (χ4n) is 3.71. The van der Waals surface area contributed by atoms with Gasteiger partial charge in [0, 0.05) is 56.7 Å². The van der Waals surface area contributed by atoms with E-state index in [2.05, 4.69) is 24.1 Å². The van der Waals surface area contributed by atoms with Crippen molar-refractivity contribution in [3.8, 4) is 0 Å². The Hall–Kier alpha value is -2.99. The number of hydrogen-bond donors (Lipinski definition) is 1. The lowest BCUT2D eigenvalue weighted by Crippen LogP contribution is -2.49. The molecule has 6 nitrogen and oxygen atoms in total. The summed E-state index contributed by atoms with van der Waals surface area (Å²) < 4.78 is 0. The lowest BCUT2D eigenvalue weighted by molar-refractivity contribution is -0.134. The van der Waals surface area contributed by atoms with Crippen LogP contribution in [-0.2, 0) is 9.59 Å². The number of nitrogens with one attached hydrogen (secondary N) is 1. The maximum absolute atomic E-state index is 12.8. The van der Waals surface area contributed by atoms with Crippen molar-refractivity contribution in [1.82, 2.24) is 9.80 Å². The molecule has 0 spiro atoms. The highest BCUT2D eigenvalue weighted by Gasteiger charge is 2.22. The SMILES string of the molecule is CC(C)CC(=O)N1CCN(CCC(=O)Nc2ccccc2C(=O)c2ccccc2)CC1. The number of amides is 2. The molecule has 1 fully saturated rings. The molecule has 1 heterocycles. The molecule has 0 atom stereocenters. The van der Waals surface area contributed by atoms with Gasteiger partial charge in [-0.1, -0.05) is 56.3 Å². The van der Waals surface area contributed by atoms with Crippen LogP contribution in [0.5, 0.6) is 0 Å². The summed E-state index contributed by atoms with van der Waals surface area (Å²) >= 11 is 0. The number of rotatable bonds is 8. The van der Waals surface area contributed by atoms with Gasteiger partial charge in [-0.25, -0.2) is 0 Å². The van der Waals surface area contributed by atoms with E-state index in [1.807, 2.05) is 29.2 Å². The predicted octanol–water partition coefficient (Wildman–Crippen LogP) is 3.44. The zero-order chi connectivity index (χ0) is 22.2. The smallest absolute Gasteiger partial charge is 0.225 e. The van der Waals surface area contributed by atoms with Crippen molar-refractivity contribution in [2.45, 2.75) is 26.7 Å². The number of piperazine rings is 1. The minimum absolute atomic E-state index is 0.112. The highest BCUT2D eigenvalue weighted by Crippen LogP contribution is 2.19. The molecule has 2 aromatic rings. The molecule has 0 bridgehead atoms. The van der Waals surface area contributed by atoms with Crippen LogP contribution in [0.4, 0.5) is 5.69 Å². The zero-order valence-corrected chi connectivity index (χ0v) is 18.3. The van der Waals surface area contributed by atoms with Crippen LogP contribution in [0.3, 0.4) is 0 Å². The van der Waals surface area contributed by atoms with Gasteiger partial charge in [0.15, 0.2) is 5.78 Å². The second-order valence-electron chi connectivity index (χ2n) is 8.36. The molecule has 1 aliphatic heterocycles. The van der Waals surface area contributed by atoms with Crippen molar-refractivity contribution >= 4 is 23.3 Å². The van der Waals surface area contributed by atoms with E-state index in [0.717, 1.165) is 13.1 Å². The first kappa shape index (κ1) is 22.7. The van der Waals surface area contributed by atoms with Crippen LogP contribution >= 0.6 is 0 Å². The highest BCUT2D eigenvalue weighted by molar-refractivity contribution is 6.13. The molecule has 2 aromatic carbocycles. The molecule has 2 amide bonds. The second-order valence-corrected chi connectivity index (χ2v) is 8.36. The highest BCUT2D eigenvalue weighted by atomic mass is 16.2. The van der Waals surface area contributed by atoms with Gasteiger partial charge in [0.25, 0.3) is 0 Å². The Labute approximate surface area is 184 Å². The number of carbonyl (C=O) groups excluding carboxylic acids is 3.